The Morgan fingerprint density at radius 1 is 1.20 bits per heavy atom. The second-order valence-electron chi connectivity index (χ2n) is 4.07. The number of rotatable bonds is 2. The average Bonchev–Trinajstić information content (AvgIpc) is 2.40. The summed E-state index contributed by atoms with van der Waals surface area (Å²) in [5.41, 5.74) is 0.570. The number of hydrogen-bond donors (Lipinski definition) is 2. The molecule has 0 aliphatic carbocycles. The van der Waals surface area contributed by atoms with E-state index >= 15 is 0 Å². The molecule has 6 nitrogen and oxygen atoms in total. The summed E-state index contributed by atoms with van der Waals surface area (Å²) in [4.78, 5) is 31.4. The van der Waals surface area contributed by atoms with Crippen LogP contribution >= 0.6 is 0 Å². The first kappa shape index (κ1) is 15.4. The monoisotopic (exact) mass is 278 g/mol. The van der Waals surface area contributed by atoms with Crippen molar-refractivity contribution in [2.45, 2.75) is 13.3 Å². The largest absolute Gasteiger partial charge is 0.494 e. The number of carboxylic acid groups (broad SMARTS) is 2. The molecule has 0 saturated carbocycles. The van der Waals surface area contributed by atoms with Crippen molar-refractivity contribution in [1.82, 2.24) is 0 Å². The zero-order valence-corrected chi connectivity index (χ0v) is 10.8. The molecule has 1 heterocycles. The van der Waals surface area contributed by atoms with E-state index in [0.29, 0.717) is 12.0 Å². The summed E-state index contributed by atoms with van der Waals surface area (Å²) >= 11 is 0. The van der Waals surface area contributed by atoms with E-state index in [1.807, 2.05) is 0 Å². The normalized spacial score (nSPS) is 12.9. The van der Waals surface area contributed by atoms with E-state index in [2.05, 4.69) is 4.74 Å². The molecular formula is C14H14O6. The number of carbonyl (C=O) groups is 3. The maximum absolute atomic E-state index is 10.6. The van der Waals surface area contributed by atoms with Crippen LogP contribution in [0.15, 0.2) is 30.5 Å². The van der Waals surface area contributed by atoms with Crippen LogP contribution in [0.2, 0.25) is 0 Å². The van der Waals surface area contributed by atoms with E-state index in [-0.39, 0.29) is 23.5 Å². The van der Waals surface area contributed by atoms with Gasteiger partial charge >= 0.3 is 11.9 Å². The lowest BCUT2D eigenvalue weighted by atomic mass is 10.1. The lowest BCUT2D eigenvalue weighted by molar-refractivity contribution is -0.121. The number of ketones is 1. The van der Waals surface area contributed by atoms with Crippen molar-refractivity contribution in [2.24, 2.45) is 0 Å². The summed E-state index contributed by atoms with van der Waals surface area (Å²) in [7, 11) is 0. The molecule has 1 aliphatic rings. The highest BCUT2D eigenvalue weighted by Crippen LogP contribution is 2.11. The van der Waals surface area contributed by atoms with E-state index in [0.717, 1.165) is 6.07 Å². The molecule has 1 aromatic rings. The van der Waals surface area contributed by atoms with Crippen LogP contribution in [-0.4, -0.2) is 34.5 Å². The van der Waals surface area contributed by atoms with Gasteiger partial charge in [0.25, 0.3) is 0 Å². The zero-order valence-electron chi connectivity index (χ0n) is 10.8. The molecule has 2 N–H and O–H groups in total. The SMILES string of the molecule is Cc1ccc(C(=O)O)cc1C(=O)O.O=C1CC=COC1. The van der Waals surface area contributed by atoms with Gasteiger partial charge < -0.3 is 14.9 Å². The first-order chi connectivity index (χ1) is 9.41. The summed E-state index contributed by atoms with van der Waals surface area (Å²) in [6.07, 6.45) is 3.81. The molecule has 106 valence electrons. The highest BCUT2D eigenvalue weighted by atomic mass is 16.5. The standard InChI is InChI=1S/C9H8O4.C5H6O2/c1-5-2-3-6(8(10)11)4-7(5)9(12)13;6-5-2-1-3-7-4-5/h2-4H,1H3,(H,10,11)(H,12,13);1,3H,2,4H2. The van der Waals surface area contributed by atoms with Gasteiger partial charge in [0, 0.05) is 6.42 Å². The van der Waals surface area contributed by atoms with Crippen molar-refractivity contribution in [3.05, 3.63) is 47.2 Å². The van der Waals surface area contributed by atoms with Crippen LogP contribution in [0.3, 0.4) is 0 Å². The van der Waals surface area contributed by atoms with Gasteiger partial charge in [-0.15, -0.1) is 0 Å². The predicted octanol–water partition coefficient (Wildman–Crippen LogP) is 1.88. The molecule has 1 aromatic carbocycles. The first-order valence-electron chi connectivity index (χ1n) is 5.77. The first-order valence-corrected chi connectivity index (χ1v) is 5.77. The van der Waals surface area contributed by atoms with Gasteiger partial charge in [-0.05, 0) is 30.7 Å². The minimum absolute atomic E-state index is 0.0111. The zero-order chi connectivity index (χ0) is 15.1. The lowest BCUT2D eigenvalue weighted by Crippen LogP contribution is -2.07. The Bertz CT molecular complexity index is 559. The Kier molecular flexibility index (Phi) is 5.46. The van der Waals surface area contributed by atoms with Crippen molar-refractivity contribution < 1.29 is 29.3 Å². The number of allylic oxidation sites excluding steroid dienone is 1. The van der Waals surface area contributed by atoms with E-state index in [1.165, 1.54) is 12.1 Å². The van der Waals surface area contributed by atoms with Crippen molar-refractivity contribution >= 4 is 17.7 Å². The van der Waals surface area contributed by atoms with Crippen LogP contribution in [0, 0.1) is 6.92 Å². The minimum Gasteiger partial charge on any atom is -0.494 e. The predicted molar refractivity (Wildman–Crippen MR) is 69.8 cm³/mol. The maximum Gasteiger partial charge on any atom is 0.335 e. The maximum atomic E-state index is 10.6. The van der Waals surface area contributed by atoms with Crippen molar-refractivity contribution in [3.63, 3.8) is 0 Å². The van der Waals surface area contributed by atoms with Crippen molar-refractivity contribution in [1.29, 1.82) is 0 Å². The quantitative estimate of drug-likeness (QED) is 0.856. The molecule has 0 unspecified atom stereocenters. The van der Waals surface area contributed by atoms with Crippen LogP contribution < -0.4 is 0 Å². The number of carbonyl (C=O) groups excluding carboxylic acids is 1. The topological polar surface area (TPSA) is 101 Å². The third-order valence-electron chi connectivity index (χ3n) is 2.50. The van der Waals surface area contributed by atoms with Gasteiger partial charge in [0.05, 0.1) is 17.4 Å². The van der Waals surface area contributed by atoms with Gasteiger partial charge in [-0.2, -0.15) is 0 Å². The van der Waals surface area contributed by atoms with E-state index in [4.69, 9.17) is 10.2 Å². The summed E-state index contributed by atoms with van der Waals surface area (Å²) in [6.45, 7) is 1.88. The average molecular weight is 278 g/mol. The Labute approximate surface area is 115 Å². The number of hydrogen-bond acceptors (Lipinski definition) is 4. The molecule has 0 fully saturated rings. The molecule has 20 heavy (non-hydrogen) atoms. The Balaban J connectivity index is 0.000000240. The Hall–Kier alpha value is -2.63. The highest BCUT2D eigenvalue weighted by molar-refractivity contribution is 5.94. The fourth-order valence-electron chi connectivity index (χ4n) is 1.43. The number of Topliss-reactive ketones (excluding diaryl/α,β-unsaturated/α-hetero) is 1. The Morgan fingerprint density at radius 3 is 2.30 bits per heavy atom. The summed E-state index contributed by atoms with van der Waals surface area (Å²) in [5.74, 6) is -2.08. The lowest BCUT2D eigenvalue weighted by Gasteiger charge is -2.01. The van der Waals surface area contributed by atoms with Gasteiger partial charge in [0.2, 0.25) is 0 Å². The fraction of sp³-hybridized carbons (Fsp3) is 0.214. The fourth-order valence-corrected chi connectivity index (χ4v) is 1.43. The molecule has 1 aliphatic heterocycles. The highest BCUT2D eigenvalue weighted by Gasteiger charge is 2.10. The van der Waals surface area contributed by atoms with Crippen LogP contribution in [0.1, 0.15) is 32.7 Å². The van der Waals surface area contributed by atoms with Crippen LogP contribution in [0.25, 0.3) is 0 Å². The molecule has 0 aromatic heterocycles. The van der Waals surface area contributed by atoms with Crippen molar-refractivity contribution in [3.8, 4) is 0 Å². The number of aromatic carboxylic acids is 2. The molecule has 0 spiro atoms. The Morgan fingerprint density at radius 2 is 1.90 bits per heavy atom. The molecule has 0 saturated heterocycles. The molecule has 6 heteroatoms. The van der Waals surface area contributed by atoms with Crippen molar-refractivity contribution in [2.75, 3.05) is 6.61 Å². The van der Waals surface area contributed by atoms with Gasteiger partial charge in [0.15, 0.2) is 5.78 Å². The molecule has 0 radical (unpaired) electrons. The minimum atomic E-state index is -1.12. The summed E-state index contributed by atoms with van der Waals surface area (Å²) < 4.78 is 4.65. The van der Waals surface area contributed by atoms with Gasteiger partial charge in [0.1, 0.15) is 6.61 Å². The second-order valence-corrected chi connectivity index (χ2v) is 4.07. The third-order valence-corrected chi connectivity index (χ3v) is 2.50. The number of benzene rings is 1. The second kappa shape index (κ2) is 7.08. The summed E-state index contributed by atoms with van der Waals surface area (Å²) in [6, 6.07) is 4.01. The van der Waals surface area contributed by atoms with E-state index < -0.39 is 11.9 Å². The van der Waals surface area contributed by atoms with Gasteiger partial charge in [-0.1, -0.05) is 6.07 Å². The molecule has 0 atom stereocenters. The molecule has 0 amide bonds. The van der Waals surface area contributed by atoms with Gasteiger partial charge in [-0.25, -0.2) is 9.59 Å². The molecular weight excluding hydrogens is 264 g/mol. The molecule has 2 rings (SSSR count). The molecule has 0 bridgehead atoms. The van der Waals surface area contributed by atoms with E-state index in [9.17, 15) is 14.4 Å². The number of carboxylic acids is 2. The van der Waals surface area contributed by atoms with Crippen LogP contribution in [0.5, 0.6) is 0 Å². The third kappa shape index (κ3) is 4.56. The summed E-state index contributed by atoms with van der Waals surface area (Å²) in [5, 5.41) is 17.3. The van der Waals surface area contributed by atoms with E-state index in [1.54, 1.807) is 19.3 Å². The van der Waals surface area contributed by atoms with Crippen LogP contribution in [0.4, 0.5) is 0 Å². The van der Waals surface area contributed by atoms with Gasteiger partial charge in [-0.3, -0.25) is 4.79 Å². The van der Waals surface area contributed by atoms with Crippen LogP contribution in [-0.2, 0) is 9.53 Å². The smallest absolute Gasteiger partial charge is 0.335 e. The number of ether oxygens (including phenoxy) is 1. The number of aryl methyl sites for hydroxylation is 1.